The number of aryl methyl sites for hydroxylation is 3. The summed E-state index contributed by atoms with van der Waals surface area (Å²) in [5.74, 6) is 0.181. The smallest absolute Gasteiger partial charge is 0.336 e. The minimum Gasteiger partial charge on any atom is -0.423 e. The van der Waals surface area contributed by atoms with Crippen molar-refractivity contribution in [3.05, 3.63) is 80.7 Å². The van der Waals surface area contributed by atoms with Crippen LogP contribution in [0.2, 0.25) is 0 Å². The number of rotatable bonds is 4. The summed E-state index contributed by atoms with van der Waals surface area (Å²) in [5.41, 5.74) is 5.88. The highest BCUT2D eigenvalue weighted by molar-refractivity contribution is 5.82. The molecule has 2 aromatic carbocycles. The van der Waals surface area contributed by atoms with Crippen molar-refractivity contribution in [2.75, 3.05) is 26.2 Å². The van der Waals surface area contributed by atoms with Crippen molar-refractivity contribution in [1.82, 2.24) is 9.80 Å². The Hall–Kier alpha value is -2.92. The first-order valence-corrected chi connectivity index (χ1v) is 10.5. The van der Waals surface area contributed by atoms with Crippen LogP contribution in [0.25, 0.3) is 11.0 Å². The number of benzene rings is 2. The molecule has 1 aliphatic heterocycles. The van der Waals surface area contributed by atoms with Crippen molar-refractivity contribution >= 4 is 16.9 Å². The minimum absolute atomic E-state index is 0.181. The van der Waals surface area contributed by atoms with E-state index in [-0.39, 0.29) is 11.5 Å². The highest BCUT2D eigenvalue weighted by atomic mass is 16.4. The summed E-state index contributed by atoms with van der Waals surface area (Å²) >= 11 is 0. The molecule has 0 atom stereocenters. The second kappa shape index (κ2) is 8.44. The minimum atomic E-state index is -0.312. The van der Waals surface area contributed by atoms with E-state index in [1.807, 2.05) is 49.1 Å². The Balaban J connectivity index is 1.43. The standard InChI is InChI=1S/C25H28N2O3/c1-17-6-4-5-7-20(17)14-24(28)27-10-8-26(9-11-27)16-21-15-25(29)30-23-13-19(3)18(2)12-22(21)23/h4-7,12-13,15H,8-11,14,16H2,1-3H3. The quantitative estimate of drug-likeness (QED) is 0.624. The zero-order valence-electron chi connectivity index (χ0n) is 17.9. The van der Waals surface area contributed by atoms with Gasteiger partial charge in [-0.15, -0.1) is 0 Å². The molecule has 1 saturated heterocycles. The molecular formula is C25H28N2O3. The lowest BCUT2D eigenvalue weighted by Crippen LogP contribution is -2.48. The van der Waals surface area contributed by atoms with Crippen LogP contribution in [0.15, 0.2) is 51.7 Å². The van der Waals surface area contributed by atoms with Crippen molar-refractivity contribution in [3.8, 4) is 0 Å². The van der Waals surface area contributed by atoms with Gasteiger partial charge in [0.1, 0.15) is 5.58 Å². The molecule has 156 valence electrons. The van der Waals surface area contributed by atoms with Crippen LogP contribution in [0, 0.1) is 20.8 Å². The van der Waals surface area contributed by atoms with Gasteiger partial charge in [-0.05, 0) is 60.7 Å². The van der Waals surface area contributed by atoms with Crippen molar-refractivity contribution < 1.29 is 9.21 Å². The maximum atomic E-state index is 12.7. The Morgan fingerprint density at radius 2 is 1.60 bits per heavy atom. The fraction of sp³-hybridized carbons (Fsp3) is 0.360. The molecule has 1 amide bonds. The van der Waals surface area contributed by atoms with Crippen molar-refractivity contribution in [2.45, 2.75) is 33.7 Å². The monoisotopic (exact) mass is 404 g/mol. The highest BCUT2D eigenvalue weighted by Crippen LogP contribution is 2.23. The number of carbonyl (C=O) groups excluding carboxylic acids is 1. The number of fused-ring (bicyclic) bond motifs is 1. The van der Waals surface area contributed by atoms with Crippen molar-refractivity contribution in [3.63, 3.8) is 0 Å². The van der Waals surface area contributed by atoms with Gasteiger partial charge in [0, 0.05) is 44.2 Å². The maximum Gasteiger partial charge on any atom is 0.336 e. The van der Waals surface area contributed by atoms with Gasteiger partial charge in [-0.1, -0.05) is 24.3 Å². The number of carbonyl (C=O) groups is 1. The Kier molecular flexibility index (Phi) is 5.73. The second-order valence-corrected chi connectivity index (χ2v) is 8.28. The molecule has 0 aliphatic carbocycles. The average molecular weight is 405 g/mol. The topological polar surface area (TPSA) is 53.8 Å². The normalized spacial score (nSPS) is 15.0. The molecule has 2 heterocycles. The predicted molar refractivity (Wildman–Crippen MR) is 119 cm³/mol. The van der Waals surface area contributed by atoms with Gasteiger partial charge in [-0.2, -0.15) is 0 Å². The van der Waals surface area contributed by atoms with Gasteiger partial charge in [-0.25, -0.2) is 4.79 Å². The summed E-state index contributed by atoms with van der Waals surface area (Å²) in [6.45, 7) is 9.84. The molecule has 4 rings (SSSR count). The molecule has 0 unspecified atom stereocenters. The van der Waals surface area contributed by atoms with Gasteiger partial charge in [0.15, 0.2) is 0 Å². The van der Waals surface area contributed by atoms with Crippen LogP contribution in [0.4, 0.5) is 0 Å². The summed E-state index contributed by atoms with van der Waals surface area (Å²) in [6.07, 6.45) is 0.454. The lowest BCUT2D eigenvalue weighted by atomic mass is 10.0. The van der Waals surface area contributed by atoms with E-state index in [2.05, 4.69) is 17.9 Å². The molecule has 0 spiro atoms. The van der Waals surface area contributed by atoms with Crippen molar-refractivity contribution in [2.24, 2.45) is 0 Å². The molecule has 0 bridgehead atoms. The van der Waals surface area contributed by atoms with Gasteiger partial charge in [0.05, 0.1) is 6.42 Å². The summed E-state index contributed by atoms with van der Waals surface area (Å²) in [5, 5.41) is 0.996. The van der Waals surface area contributed by atoms with Crippen LogP contribution in [0.5, 0.6) is 0 Å². The van der Waals surface area contributed by atoms with Crippen molar-refractivity contribution in [1.29, 1.82) is 0 Å². The number of nitrogens with zero attached hydrogens (tertiary/aromatic N) is 2. The lowest BCUT2D eigenvalue weighted by Gasteiger charge is -2.35. The van der Waals surface area contributed by atoms with Crippen LogP contribution >= 0.6 is 0 Å². The molecular weight excluding hydrogens is 376 g/mol. The maximum absolute atomic E-state index is 12.7. The molecule has 30 heavy (non-hydrogen) atoms. The van der Waals surface area contributed by atoms with E-state index in [4.69, 9.17) is 4.42 Å². The Morgan fingerprint density at radius 3 is 2.33 bits per heavy atom. The molecule has 1 fully saturated rings. The first-order valence-electron chi connectivity index (χ1n) is 10.5. The second-order valence-electron chi connectivity index (χ2n) is 8.28. The highest BCUT2D eigenvalue weighted by Gasteiger charge is 2.22. The number of hydrogen-bond acceptors (Lipinski definition) is 4. The molecule has 3 aromatic rings. The molecule has 0 radical (unpaired) electrons. The van der Waals surface area contributed by atoms with E-state index in [9.17, 15) is 9.59 Å². The summed E-state index contributed by atoms with van der Waals surface area (Å²) < 4.78 is 5.42. The summed E-state index contributed by atoms with van der Waals surface area (Å²) in [7, 11) is 0. The Labute approximate surface area is 176 Å². The Bertz CT molecular complexity index is 1140. The number of amides is 1. The lowest BCUT2D eigenvalue weighted by molar-refractivity contribution is -0.132. The van der Waals surface area contributed by atoms with Crippen LogP contribution in [-0.2, 0) is 17.8 Å². The van der Waals surface area contributed by atoms with Crippen LogP contribution in [0.1, 0.15) is 27.8 Å². The van der Waals surface area contributed by atoms with E-state index in [0.29, 0.717) is 31.6 Å². The van der Waals surface area contributed by atoms with E-state index < -0.39 is 0 Å². The van der Waals surface area contributed by atoms with E-state index in [1.165, 1.54) is 5.56 Å². The third-order valence-corrected chi connectivity index (χ3v) is 6.17. The predicted octanol–water partition coefficient (Wildman–Crippen LogP) is 3.61. The zero-order valence-corrected chi connectivity index (χ0v) is 17.9. The molecule has 0 N–H and O–H groups in total. The third-order valence-electron chi connectivity index (χ3n) is 6.17. The van der Waals surface area contributed by atoms with Gasteiger partial charge < -0.3 is 9.32 Å². The fourth-order valence-electron chi connectivity index (χ4n) is 4.09. The average Bonchev–Trinajstić information content (AvgIpc) is 2.71. The molecule has 1 aromatic heterocycles. The third kappa shape index (κ3) is 4.31. The van der Waals surface area contributed by atoms with Gasteiger partial charge >= 0.3 is 5.63 Å². The zero-order chi connectivity index (χ0) is 21.3. The van der Waals surface area contributed by atoms with Gasteiger partial charge in [0.25, 0.3) is 0 Å². The summed E-state index contributed by atoms with van der Waals surface area (Å²) in [6, 6.07) is 13.7. The molecule has 5 nitrogen and oxygen atoms in total. The SMILES string of the molecule is Cc1cc2oc(=O)cc(CN3CCN(C(=O)Cc4ccccc4C)CC3)c2cc1C. The van der Waals surface area contributed by atoms with Gasteiger partial charge in [-0.3, -0.25) is 9.69 Å². The largest absolute Gasteiger partial charge is 0.423 e. The van der Waals surface area contributed by atoms with E-state index in [1.54, 1.807) is 6.07 Å². The van der Waals surface area contributed by atoms with Gasteiger partial charge in [0.2, 0.25) is 5.91 Å². The summed E-state index contributed by atoms with van der Waals surface area (Å²) in [4.78, 5) is 29.0. The molecule has 1 aliphatic rings. The van der Waals surface area contributed by atoms with Crippen LogP contribution in [-0.4, -0.2) is 41.9 Å². The molecule has 0 saturated carbocycles. The first-order chi connectivity index (χ1) is 14.4. The first kappa shape index (κ1) is 20.4. The number of piperazine rings is 1. The fourth-order valence-corrected chi connectivity index (χ4v) is 4.09. The molecule has 5 heteroatoms. The van der Waals surface area contributed by atoms with E-state index >= 15 is 0 Å². The van der Waals surface area contributed by atoms with Crippen LogP contribution < -0.4 is 5.63 Å². The number of hydrogen-bond donors (Lipinski definition) is 0. The van der Waals surface area contributed by atoms with Crippen LogP contribution in [0.3, 0.4) is 0 Å². The van der Waals surface area contributed by atoms with E-state index in [0.717, 1.165) is 40.7 Å². The Morgan fingerprint density at radius 1 is 0.900 bits per heavy atom.